The smallest absolute Gasteiger partial charge is 0.242 e. The molecule has 0 aromatic rings. The van der Waals surface area contributed by atoms with Crippen LogP contribution in [0.5, 0.6) is 0 Å². The van der Waals surface area contributed by atoms with Crippen LogP contribution in [0.2, 0.25) is 0 Å². The third-order valence-electron chi connectivity index (χ3n) is 5.13. The highest BCUT2D eigenvalue weighted by Crippen LogP contribution is 2.23. The van der Waals surface area contributed by atoms with E-state index in [1.165, 1.54) is 24.7 Å². The topological polar surface area (TPSA) is 74.8 Å². The molecule has 132 valence electrons. The van der Waals surface area contributed by atoms with Crippen LogP contribution in [-0.4, -0.2) is 67.2 Å². The Balaban J connectivity index is 1.98. The highest BCUT2D eigenvalue weighted by atomic mass is 32.2. The van der Waals surface area contributed by atoms with Crippen molar-refractivity contribution in [1.29, 1.82) is 0 Å². The summed E-state index contributed by atoms with van der Waals surface area (Å²) in [6.07, 6.45) is 6.97. The fraction of sp³-hybridized carbons (Fsp3) is 0.875. The summed E-state index contributed by atoms with van der Waals surface area (Å²) in [6.45, 7) is 1.57. The van der Waals surface area contributed by atoms with Crippen LogP contribution in [0, 0.1) is 0 Å². The summed E-state index contributed by atoms with van der Waals surface area (Å²) in [4.78, 5) is 27.7. The molecule has 1 heterocycles. The van der Waals surface area contributed by atoms with Crippen molar-refractivity contribution >= 4 is 21.7 Å². The van der Waals surface area contributed by atoms with Crippen LogP contribution in [0.25, 0.3) is 0 Å². The fourth-order valence-electron chi connectivity index (χ4n) is 3.61. The van der Waals surface area contributed by atoms with Crippen molar-refractivity contribution in [2.45, 2.75) is 64.0 Å². The van der Waals surface area contributed by atoms with E-state index < -0.39 is 9.84 Å². The van der Waals surface area contributed by atoms with E-state index in [4.69, 9.17) is 0 Å². The predicted octanol–water partition coefficient (Wildman–Crippen LogP) is 1.20. The second-order valence-electron chi connectivity index (χ2n) is 6.85. The lowest BCUT2D eigenvalue weighted by molar-refractivity contribution is -0.141. The zero-order valence-corrected chi connectivity index (χ0v) is 15.0. The third-order valence-corrected chi connectivity index (χ3v) is 6.88. The molecule has 0 N–H and O–H groups in total. The van der Waals surface area contributed by atoms with Crippen LogP contribution in [0.15, 0.2) is 0 Å². The number of sulfone groups is 1. The Hall–Kier alpha value is -1.11. The quantitative estimate of drug-likeness (QED) is 0.718. The molecule has 23 heavy (non-hydrogen) atoms. The highest BCUT2D eigenvalue weighted by Gasteiger charge is 2.34. The van der Waals surface area contributed by atoms with Gasteiger partial charge in [0.15, 0.2) is 9.84 Å². The fourth-order valence-corrected chi connectivity index (χ4v) is 5.38. The number of rotatable bonds is 4. The van der Waals surface area contributed by atoms with Gasteiger partial charge in [-0.05, 0) is 19.3 Å². The lowest BCUT2D eigenvalue weighted by Gasteiger charge is -2.32. The van der Waals surface area contributed by atoms with E-state index in [1.807, 2.05) is 0 Å². The number of carbonyl (C=O) groups excluding carboxylic acids is 2. The van der Waals surface area contributed by atoms with Crippen molar-refractivity contribution in [2.24, 2.45) is 0 Å². The summed E-state index contributed by atoms with van der Waals surface area (Å²) in [5.41, 5.74) is 0. The molecule has 1 aliphatic carbocycles. The first-order valence-corrected chi connectivity index (χ1v) is 10.4. The summed E-state index contributed by atoms with van der Waals surface area (Å²) < 4.78 is 23.2. The Kier molecular flexibility index (Phi) is 6.06. The minimum atomic E-state index is -3.02. The first-order valence-electron chi connectivity index (χ1n) is 8.53. The number of hydrogen-bond donors (Lipinski definition) is 0. The van der Waals surface area contributed by atoms with Crippen LogP contribution in [0.4, 0.5) is 0 Å². The largest absolute Gasteiger partial charge is 0.340 e. The van der Waals surface area contributed by atoms with Gasteiger partial charge in [-0.1, -0.05) is 25.7 Å². The van der Waals surface area contributed by atoms with Gasteiger partial charge < -0.3 is 9.80 Å². The minimum absolute atomic E-state index is 0.0404. The van der Waals surface area contributed by atoms with Crippen LogP contribution >= 0.6 is 0 Å². The Bertz CT molecular complexity index is 538. The maximum atomic E-state index is 12.5. The van der Waals surface area contributed by atoms with Crippen molar-refractivity contribution in [2.75, 3.05) is 25.1 Å². The summed E-state index contributed by atoms with van der Waals surface area (Å²) in [5, 5.41) is 0. The lowest BCUT2D eigenvalue weighted by Crippen LogP contribution is -2.48. The Morgan fingerprint density at radius 3 is 2.09 bits per heavy atom. The SMILES string of the molecule is CC(=O)N(CC(=O)N(C)C1CCS(=O)(=O)C1)C1CCCCCC1. The molecule has 0 aromatic carbocycles. The van der Waals surface area contributed by atoms with E-state index in [9.17, 15) is 18.0 Å². The molecule has 1 aliphatic heterocycles. The normalized spacial score (nSPS) is 24.9. The molecular formula is C16H28N2O4S. The molecule has 0 radical (unpaired) electrons. The Morgan fingerprint density at radius 1 is 1.00 bits per heavy atom. The molecule has 0 bridgehead atoms. The summed E-state index contributed by atoms with van der Waals surface area (Å²) >= 11 is 0. The number of likely N-dealkylation sites (N-methyl/N-ethyl adjacent to an activating group) is 1. The standard InChI is InChI=1S/C16H28N2O4S/c1-13(19)18(14-7-5-3-4-6-8-14)11-16(20)17(2)15-9-10-23(21,22)12-15/h14-15H,3-12H2,1-2H3. The maximum Gasteiger partial charge on any atom is 0.242 e. The predicted molar refractivity (Wildman–Crippen MR) is 88.7 cm³/mol. The van der Waals surface area contributed by atoms with Crippen LogP contribution in [0.1, 0.15) is 51.9 Å². The second kappa shape index (κ2) is 7.64. The van der Waals surface area contributed by atoms with Gasteiger partial charge >= 0.3 is 0 Å². The average molecular weight is 344 g/mol. The number of hydrogen-bond acceptors (Lipinski definition) is 4. The van der Waals surface area contributed by atoms with Crippen molar-refractivity contribution in [3.8, 4) is 0 Å². The van der Waals surface area contributed by atoms with E-state index in [1.54, 1.807) is 11.9 Å². The zero-order chi connectivity index (χ0) is 17.0. The molecular weight excluding hydrogens is 316 g/mol. The van der Waals surface area contributed by atoms with Crippen molar-refractivity contribution < 1.29 is 18.0 Å². The molecule has 2 fully saturated rings. The number of amides is 2. The molecule has 1 saturated heterocycles. The molecule has 0 spiro atoms. The molecule has 6 nitrogen and oxygen atoms in total. The first-order chi connectivity index (χ1) is 10.8. The van der Waals surface area contributed by atoms with E-state index in [2.05, 4.69) is 0 Å². The molecule has 7 heteroatoms. The lowest BCUT2D eigenvalue weighted by atomic mass is 10.1. The molecule has 1 unspecified atom stereocenters. The van der Waals surface area contributed by atoms with Gasteiger partial charge in [-0.15, -0.1) is 0 Å². The molecule has 2 amide bonds. The van der Waals surface area contributed by atoms with Gasteiger partial charge in [-0.3, -0.25) is 9.59 Å². The van der Waals surface area contributed by atoms with Crippen LogP contribution in [0.3, 0.4) is 0 Å². The Morgan fingerprint density at radius 2 is 1.61 bits per heavy atom. The molecule has 1 saturated carbocycles. The van der Waals surface area contributed by atoms with E-state index in [-0.39, 0.29) is 41.9 Å². The molecule has 2 aliphatic rings. The minimum Gasteiger partial charge on any atom is -0.340 e. The summed E-state index contributed by atoms with van der Waals surface area (Å²) in [7, 11) is -1.37. The Labute approximate surface area is 139 Å². The maximum absolute atomic E-state index is 12.5. The first kappa shape index (κ1) is 18.2. The van der Waals surface area contributed by atoms with Crippen molar-refractivity contribution in [3.63, 3.8) is 0 Å². The number of carbonyl (C=O) groups is 2. The van der Waals surface area contributed by atoms with Gasteiger partial charge in [0, 0.05) is 26.1 Å². The monoisotopic (exact) mass is 344 g/mol. The average Bonchev–Trinajstić information content (AvgIpc) is 2.69. The molecule has 1 atom stereocenters. The third kappa shape index (κ3) is 4.93. The highest BCUT2D eigenvalue weighted by molar-refractivity contribution is 7.91. The zero-order valence-electron chi connectivity index (χ0n) is 14.2. The van der Waals surface area contributed by atoms with Gasteiger partial charge in [0.2, 0.25) is 11.8 Å². The van der Waals surface area contributed by atoms with Gasteiger partial charge in [0.25, 0.3) is 0 Å². The van der Waals surface area contributed by atoms with Crippen LogP contribution < -0.4 is 0 Å². The van der Waals surface area contributed by atoms with E-state index in [0.717, 1.165) is 25.7 Å². The molecule has 2 rings (SSSR count). The van der Waals surface area contributed by atoms with Crippen molar-refractivity contribution in [3.05, 3.63) is 0 Å². The van der Waals surface area contributed by atoms with E-state index >= 15 is 0 Å². The van der Waals surface area contributed by atoms with Gasteiger partial charge in [0.05, 0.1) is 18.1 Å². The van der Waals surface area contributed by atoms with E-state index in [0.29, 0.717) is 6.42 Å². The van der Waals surface area contributed by atoms with Gasteiger partial charge in [0.1, 0.15) is 0 Å². The van der Waals surface area contributed by atoms with Gasteiger partial charge in [-0.25, -0.2) is 8.42 Å². The molecule has 0 aromatic heterocycles. The van der Waals surface area contributed by atoms with Crippen molar-refractivity contribution in [1.82, 2.24) is 9.80 Å². The van der Waals surface area contributed by atoms with Gasteiger partial charge in [-0.2, -0.15) is 0 Å². The second-order valence-corrected chi connectivity index (χ2v) is 9.08. The summed E-state index contributed by atoms with van der Waals surface area (Å²) in [6, 6.07) is -0.116. The summed E-state index contributed by atoms with van der Waals surface area (Å²) in [5.74, 6) is -0.0446. The number of nitrogens with zero attached hydrogens (tertiary/aromatic N) is 2. The van der Waals surface area contributed by atoms with Crippen LogP contribution in [-0.2, 0) is 19.4 Å².